The molecule has 2 aromatic carbocycles. The fourth-order valence-corrected chi connectivity index (χ4v) is 3.95. The van der Waals surface area contributed by atoms with E-state index < -0.39 is 0 Å². The van der Waals surface area contributed by atoms with Crippen LogP contribution >= 0.6 is 0 Å². The van der Waals surface area contributed by atoms with Crippen molar-refractivity contribution in [3.05, 3.63) is 87.3 Å². The van der Waals surface area contributed by atoms with Crippen molar-refractivity contribution in [1.82, 2.24) is 19.7 Å². The summed E-state index contributed by atoms with van der Waals surface area (Å²) in [5.41, 5.74) is 2.77. The third-order valence-corrected chi connectivity index (χ3v) is 5.73. The average Bonchev–Trinajstić information content (AvgIpc) is 3.11. The lowest BCUT2D eigenvalue weighted by atomic mass is 9.95. The van der Waals surface area contributed by atoms with Crippen LogP contribution in [0.3, 0.4) is 0 Å². The third-order valence-electron chi connectivity index (χ3n) is 5.73. The van der Waals surface area contributed by atoms with Gasteiger partial charge < -0.3 is 4.90 Å². The molecule has 0 aliphatic carbocycles. The number of rotatable bonds is 5. The van der Waals surface area contributed by atoms with Gasteiger partial charge in [0.1, 0.15) is 11.6 Å². The number of carbonyl (C=O) groups excluding carboxylic acids is 1. The van der Waals surface area contributed by atoms with Crippen LogP contribution in [0.4, 0.5) is 4.39 Å². The molecule has 7 heteroatoms. The number of hydrogen-bond donors (Lipinski definition) is 1. The fourth-order valence-electron chi connectivity index (χ4n) is 3.95. The maximum absolute atomic E-state index is 13.2. The molecule has 0 radical (unpaired) electrons. The van der Waals surface area contributed by atoms with E-state index in [1.54, 1.807) is 16.7 Å². The van der Waals surface area contributed by atoms with E-state index in [0.29, 0.717) is 31.9 Å². The number of aryl methyl sites for hydroxylation is 1. The number of nitrogens with zero attached hydrogens (tertiary/aromatic N) is 3. The molecular formula is C23H25FN4O2. The van der Waals surface area contributed by atoms with Crippen LogP contribution in [0.15, 0.2) is 53.3 Å². The van der Waals surface area contributed by atoms with Gasteiger partial charge in [-0.1, -0.05) is 42.0 Å². The second-order valence-corrected chi connectivity index (χ2v) is 7.92. The minimum atomic E-state index is -0.304. The number of carbonyl (C=O) groups is 1. The third kappa shape index (κ3) is 4.50. The van der Waals surface area contributed by atoms with Crippen molar-refractivity contribution in [2.75, 3.05) is 13.1 Å². The molecule has 1 aliphatic heterocycles. The Labute approximate surface area is 174 Å². The Hall–Kier alpha value is -3.22. The van der Waals surface area contributed by atoms with Crippen LogP contribution in [0.2, 0.25) is 0 Å². The van der Waals surface area contributed by atoms with Crippen LogP contribution in [0.1, 0.15) is 41.3 Å². The second-order valence-electron chi connectivity index (χ2n) is 7.92. The van der Waals surface area contributed by atoms with Crippen LogP contribution < -0.4 is 5.69 Å². The molecule has 0 bridgehead atoms. The van der Waals surface area contributed by atoms with E-state index >= 15 is 0 Å². The van der Waals surface area contributed by atoms with E-state index in [9.17, 15) is 14.0 Å². The summed E-state index contributed by atoms with van der Waals surface area (Å²) < 4.78 is 14.8. The van der Waals surface area contributed by atoms with Gasteiger partial charge in [-0.25, -0.2) is 14.3 Å². The Morgan fingerprint density at radius 3 is 2.37 bits per heavy atom. The minimum absolute atomic E-state index is 0.104. The van der Waals surface area contributed by atoms with Gasteiger partial charge >= 0.3 is 5.69 Å². The monoisotopic (exact) mass is 408 g/mol. The van der Waals surface area contributed by atoms with Crippen molar-refractivity contribution < 1.29 is 9.18 Å². The zero-order valence-electron chi connectivity index (χ0n) is 17.0. The Morgan fingerprint density at radius 2 is 1.70 bits per heavy atom. The summed E-state index contributed by atoms with van der Waals surface area (Å²) in [5, 5.41) is 6.79. The molecule has 1 fully saturated rings. The van der Waals surface area contributed by atoms with Gasteiger partial charge in [0.2, 0.25) is 5.91 Å². The Kier molecular flexibility index (Phi) is 5.79. The lowest BCUT2D eigenvalue weighted by Gasteiger charge is -2.31. The van der Waals surface area contributed by atoms with Gasteiger partial charge in [0.15, 0.2) is 0 Å². The molecule has 1 aliphatic rings. The van der Waals surface area contributed by atoms with Crippen LogP contribution in [-0.2, 0) is 17.8 Å². The topological polar surface area (TPSA) is 71.0 Å². The first-order valence-corrected chi connectivity index (χ1v) is 10.2. The molecular weight excluding hydrogens is 383 g/mol. The average molecular weight is 408 g/mol. The van der Waals surface area contributed by atoms with Crippen LogP contribution in [-0.4, -0.2) is 38.7 Å². The quantitative estimate of drug-likeness (QED) is 0.706. The molecule has 0 saturated carbocycles. The number of benzene rings is 2. The van der Waals surface area contributed by atoms with Crippen LogP contribution in [0, 0.1) is 12.7 Å². The molecule has 2 heterocycles. The first kappa shape index (κ1) is 20.1. The number of hydrogen-bond acceptors (Lipinski definition) is 3. The van der Waals surface area contributed by atoms with Crippen LogP contribution in [0.25, 0.3) is 0 Å². The van der Waals surface area contributed by atoms with E-state index in [1.807, 2.05) is 36.1 Å². The number of aromatic nitrogens is 3. The Bertz CT molecular complexity index is 1060. The van der Waals surface area contributed by atoms with Crippen molar-refractivity contribution in [3.63, 3.8) is 0 Å². The highest BCUT2D eigenvalue weighted by atomic mass is 19.1. The lowest BCUT2D eigenvalue weighted by Crippen LogP contribution is -2.39. The van der Waals surface area contributed by atoms with Crippen molar-refractivity contribution in [3.8, 4) is 0 Å². The summed E-state index contributed by atoms with van der Waals surface area (Å²) in [4.78, 5) is 26.8. The number of nitrogens with one attached hydrogen (secondary N) is 1. The van der Waals surface area contributed by atoms with Gasteiger partial charge in [0, 0.05) is 19.0 Å². The number of piperidine rings is 1. The highest BCUT2D eigenvalue weighted by molar-refractivity contribution is 5.78. The summed E-state index contributed by atoms with van der Waals surface area (Å²) in [7, 11) is 0. The van der Waals surface area contributed by atoms with Crippen molar-refractivity contribution in [2.24, 2.45) is 0 Å². The summed E-state index contributed by atoms with van der Waals surface area (Å²) in [5.74, 6) is 0.631. The number of aromatic amines is 1. The zero-order chi connectivity index (χ0) is 21.1. The molecule has 4 rings (SSSR count). The largest absolute Gasteiger partial charge is 0.343 e. The molecule has 30 heavy (non-hydrogen) atoms. The maximum Gasteiger partial charge on any atom is 0.343 e. The van der Waals surface area contributed by atoms with Crippen molar-refractivity contribution in [1.29, 1.82) is 0 Å². The highest BCUT2D eigenvalue weighted by Crippen LogP contribution is 2.26. The lowest BCUT2D eigenvalue weighted by molar-refractivity contribution is -0.131. The van der Waals surface area contributed by atoms with Crippen molar-refractivity contribution >= 4 is 5.91 Å². The van der Waals surface area contributed by atoms with Gasteiger partial charge in [-0.3, -0.25) is 9.36 Å². The Balaban J connectivity index is 1.39. The summed E-state index contributed by atoms with van der Waals surface area (Å²) >= 11 is 0. The van der Waals surface area contributed by atoms with E-state index in [0.717, 1.165) is 24.0 Å². The standard InChI is InChI=1S/C23H25FN4O2/c1-16-2-4-17(5-3-16)14-21(29)27-12-10-19(11-13-27)22-25-26-23(30)28(22)15-18-6-8-20(24)9-7-18/h2-9,19H,10-15H2,1H3,(H,26,30). The molecule has 156 valence electrons. The molecule has 6 nitrogen and oxygen atoms in total. The van der Waals surface area contributed by atoms with E-state index in [2.05, 4.69) is 10.2 Å². The van der Waals surface area contributed by atoms with Crippen LogP contribution in [0.5, 0.6) is 0 Å². The number of halogens is 1. The molecule has 0 unspecified atom stereocenters. The highest BCUT2D eigenvalue weighted by Gasteiger charge is 2.27. The minimum Gasteiger partial charge on any atom is -0.342 e. The Morgan fingerprint density at radius 1 is 1.07 bits per heavy atom. The number of likely N-dealkylation sites (tertiary alicyclic amines) is 1. The van der Waals surface area contributed by atoms with Gasteiger partial charge in [0.05, 0.1) is 13.0 Å². The smallest absolute Gasteiger partial charge is 0.342 e. The van der Waals surface area contributed by atoms with Gasteiger partial charge in [-0.2, -0.15) is 5.10 Å². The first-order valence-electron chi connectivity index (χ1n) is 10.2. The second kappa shape index (κ2) is 8.65. The SMILES string of the molecule is Cc1ccc(CC(=O)N2CCC(c3n[nH]c(=O)n3Cc3ccc(F)cc3)CC2)cc1. The summed E-state index contributed by atoms with van der Waals surface area (Å²) in [6.45, 7) is 3.67. The molecule has 1 amide bonds. The predicted octanol–water partition coefficient (Wildman–Crippen LogP) is 3.02. The molecule has 0 spiro atoms. The van der Waals surface area contributed by atoms with E-state index in [1.165, 1.54) is 17.7 Å². The molecule has 1 aromatic heterocycles. The van der Waals surface area contributed by atoms with Gasteiger partial charge in [-0.15, -0.1) is 0 Å². The van der Waals surface area contributed by atoms with Gasteiger partial charge in [0.25, 0.3) is 0 Å². The normalized spacial score (nSPS) is 14.8. The summed E-state index contributed by atoms with van der Waals surface area (Å²) in [6.07, 6.45) is 1.92. The summed E-state index contributed by atoms with van der Waals surface area (Å²) in [6, 6.07) is 14.2. The van der Waals surface area contributed by atoms with E-state index in [-0.39, 0.29) is 23.3 Å². The molecule has 1 N–H and O–H groups in total. The van der Waals surface area contributed by atoms with E-state index in [4.69, 9.17) is 0 Å². The number of H-pyrrole nitrogens is 1. The molecule has 3 aromatic rings. The maximum atomic E-state index is 13.2. The zero-order valence-corrected chi connectivity index (χ0v) is 17.0. The van der Waals surface area contributed by atoms with Gasteiger partial charge in [-0.05, 0) is 43.0 Å². The fraction of sp³-hybridized carbons (Fsp3) is 0.348. The molecule has 1 saturated heterocycles. The predicted molar refractivity (Wildman–Crippen MR) is 112 cm³/mol. The number of amides is 1. The first-order chi connectivity index (χ1) is 14.5. The molecule has 0 atom stereocenters. The van der Waals surface area contributed by atoms with Crippen molar-refractivity contribution in [2.45, 2.75) is 38.6 Å².